The normalized spacial score (nSPS) is 21.8. The number of halogens is 1. The summed E-state index contributed by atoms with van der Waals surface area (Å²) in [6.45, 7) is 1.85. The van der Waals surface area contributed by atoms with Gasteiger partial charge in [0.1, 0.15) is 12.4 Å². The first-order valence-electron chi connectivity index (χ1n) is 13.7. The molecule has 0 bridgehead atoms. The molecule has 214 valence electrons. The predicted molar refractivity (Wildman–Crippen MR) is 157 cm³/mol. The third-order valence-corrected chi connectivity index (χ3v) is 10.7. The number of ether oxygens (including phenoxy) is 1. The van der Waals surface area contributed by atoms with Crippen molar-refractivity contribution in [3.63, 3.8) is 0 Å². The van der Waals surface area contributed by atoms with Crippen molar-refractivity contribution >= 4 is 44.0 Å². The number of carbonyl (C=O) groups excluding carboxylic acids is 1. The van der Waals surface area contributed by atoms with Crippen LogP contribution in [0, 0.1) is 16.7 Å². The molecule has 2 aromatic carbocycles. The number of nitrogens with zero attached hydrogens (tertiary/aromatic N) is 5. The SMILES string of the molecule is CN(C)CCOc1ccc2cncc(N3CC[C@@]4(CN(S(=O)(=O)CC5(C#N)CC5)Cc5ccc(Cl)cc54)C3=O)c2c1. The summed E-state index contributed by atoms with van der Waals surface area (Å²) in [5, 5.41) is 11.8. The van der Waals surface area contributed by atoms with Crippen LogP contribution in [0.15, 0.2) is 48.8 Å². The van der Waals surface area contributed by atoms with E-state index in [0.717, 1.165) is 28.4 Å². The molecule has 1 saturated carbocycles. The van der Waals surface area contributed by atoms with Crippen LogP contribution < -0.4 is 9.64 Å². The van der Waals surface area contributed by atoms with Crippen molar-refractivity contribution in [1.82, 2.24) is 14.2 Å². The summed E-state index contributed by atoms with van der Waals surface area (Å²) < 4.78 is 34.6. The highest BCUT2D eigenvalue weighted by molar-refractivity contribution is 7.89. The van der Waals surface area contributed by atoms with Crippen LogP contribution in [0.3, 0.4) is 0 Å². The molecule has 6 rings (SSSR count). The highest BCUT2D eigenvalue weighted by Gasteiger charge is 2.56. The van der Waals surface area contributed by atoms with Gasteiger partial charge in [-0.15, -0.1) is 0 Å². The molecule has 9 nitrogen and oxygen atoms in total. The lowest BCUT2D eigenvalue weighted by molar-refractivity contribution is -0.122. The maximum absolute atomic E-state index is 14.5. The Bertz CT molecular complexity index is 1680. The molecule has 2 fully saturated rings. The Balaban J connectivity index is 1.37. The minimum atomic E-state index is -3.79. The average molecular weight is 594 g/mol. The molecule has 3 aromatic rings. The van der Waals surface area contributed by atoms with Crippen molar-refractivity contribution in [2.24, 2.45) is 5.41 Å². The topological polar surface area (TPSA) is 107 Å². The summed E-state index contributed by atoms with van der Waals surface area (Å²) in [5.41, 5.74) is 0.267. The van der Waals surface area contributed by atoms with Gasteiger partial charge < -0.3 is 14.5 Å². The van der Waals surface area contributed by atoms with E-state index in [2.05, 4.69) is 11.1 Å². The van der Waals surface area contributed by atoms with Gasteiger partial charge in [0.05, 0.1) is 34.5 Å². The highest BCUT2D eigenvalue weighted by Crippen LogP contribution is 2.49. The molecule has 1 saturated heterocycles. The monoisotopic (exact) mass is 593 g/mol. The van der Waals surface area contributed by atoms with Crippen molar-refractivity contribution in [2.45, 2.75) is 31.2 Å². The van der Waals surface area contributed by atoms with Crippen LogP contribution in [0.4, 0.5) is 5.69 Å². The molecule has 0 N–H and O–H groups in total. The molecule has 3 aliphatic rings. The summed E-state index contributed by atoms with van der Waals surface area (Å²) >= 11 is 6.42. The molecule has 41 heavy (non-hydrogen) atoms. The molecule has 0 radical (unpaired) electrons. The fourth-order valence-corrected chi connectivity index (χ4v) is 8.17. The number of pyridine rings is 1. The van der Waals surface area contributed by atoms with Crippen molar-refractivity contribution in [1.29, 1.82) is 5.26 Å². The lowest BCUT2D eigenvalue weighted by atomic mass is 9.74. The number of likely N-dealkylation sites (N-methyl/N-ethyl adjacent to an activating group) is 1. The second kappa shape index (κ2) is 10.2. The molecule has 2 aliphatic heterocycles. The van der Waals surface area contributed by atoms with Crippen molar-refractivity contribution in [2.75, 3.05) is 51.0 Å². The Kier molecular flexibility index (Phi) is 6.97. The molecule has 0 unspecified atom stereocenters. The van der Waals surface area contributed by atoms with E-state index in [1.165, 1.54) is 4.31 Å². The van der Waals surface area contributed by atoms with Gasteiger partial charge >= 0.3 is 0 Å². The van der Waals surface area contributed by atoms with Gasteiger partial charge in [-0.05, 0) is 74.8 Å². The van der Waals surface area contributed by atoms with E-state index in [1.807, 2.05) is 43.3 Å². The van der Waals surface area contributed by atoms with Crippen molar-refractivity contribution < 1.29 is 17.9 Å². The highest BCUT2D eigenvalue weighted by atomic mass is 35.5. The number of anilines is 1. The fraction of sp³-hybridized carbons (Fsp3) is 0.433. The Morgan fingerprint density at radius 1 is 1.15 bits per heavy atom. The standard InChI is InChI=1S/C30H32ClN5O4S/c1-34(2)11-12-40-24-6-4-21-15-33-16-27(25(21)14-24)36-10-9-30(28(36)37)19-35(17-22-3-5-23(31)13-26(22)30)41(38,39)20-29(18-32)7-8-29/h3-6,13-16H,7-12,17,19-20H2,1-2H3/t30-/m0/s1. The average Bonchev–Trinajstić information content (AvgIpc) is 3.64. The summed E-state index contributed by atoms with van der Waals surface area (Å²) in [6.07, 6.45) is 5.02. The van der Waals surface area contributed by atoms with Crippen LogP contribution in [-0.4, -0.2) is 74.6 Å². The molecule has 1 aliphatic carbocycles. The first-order chi connectivity index (χ1) is 19.6. The number of hydrogen-bond acceptors (Lipinski definition) is 7. The van der Waals surface area contributed by atoms with Crippen LogP contribution >= 0.6 is 11.6 Å². The van der Waals surface area contributed by atoms with Gasteiger partial charge in [0.25, 0.3) is 0 Å². The zero-order valence-corrected chi connectivity index (χ0v) is 24.7. The summed E-state index contributed by atoms with van der Waals surface area (Å²) in [4.78, 5) is 22.7. The summed E-state index contributed by atoms with van der Waals surface area (Å²) in [7, 11) is 0.177. The van der Waals surface area contributed by atoms with Crippen LogP contribution in [0.5, 0.6) is 5.75 Å². The number of amides is 1. The number of aromatic nitrogens is 1. The largest absolute Gasteiger partial charge is 0.492 e. The molecule has 1 atom stereocenters. The lowest BCUT2D eigenvalue weighted by Gasteiger charge is -2.40. The van der Waals surface area contributed by atoms with Crippen LogP contribution in [0.2, 0.25) is 5.02 Å². The van der Waals surface area contributed by atoms with Gasteiger partial charge in [0.2, 0.25) is 15.9 Å². The Morgan fingerprint density at radius 3 is 2.68 bits per heavy atom. The number of carbonyl (C=O) groups is 1. The summed E-state index contributed by atoms with van der Waals surface area (Å²) in [5.74, 6) is 0.291. The zero-order chi connectivity index (χ0) is 29.0. The lowest BCUT2D eigenvalue weighted by Crippen LogP contribution is -2.53. The number of sulfonamides is 1. The Labute approximate surface area is 245 Å². The third-order valence-electron chi connectivity index (χ3n) is 8.55. The number of rotatable bonds is 8. The smallest absolute Gasteiger partial charge is 0.239 e. The van der Waals surface area contributed by atoms with Gasteiger partial charge in [-0.1, -0.05) is 17.7 Å². The molecule has 11 heteroatoms. The van der Waals surface area contributed by atoms with E-state index >= 15 is 0 Å². The number of benzene rings is 2. The van der Waals surface area contributed by atoms with E-state index in [0.29, 0.717) is 48.9 Å². The minimum absolute atomic E-state index is 0.0105. The number of fused-ring (bicyclic) bond motifs is 3. The van der Waals surface area contributed by atoms with E-state index in [-0.39, 0.29) is 24.7 Å². The maximum atomic E-state index is 14.5. The first-order valence-corrected chi connectivity index (χ1v) is 15.7. The molecule has 1 aromatic heterocycles. The van der Waals surface area contributed by atoms with Crippen molar-refractivity contribution in [3.8, 4) is 11.8 Å². The number of nitriles is 1. The van der Waals surface area contributed by atoms with Gasteiger partial charge in [0.15, 0.2) is 0 Å². The summed E-state index contributed by atoms with van der Waals surface area (Å²) in [6, 6.07) is 13.3. The van der Waals surface area contributed by atoms with Crippen LogP contribution in [0.25, 0.3) is 10.8 Å². The molecule has 3 heterocycles. The maximum Gasteiger partial charge on any atom is 0.239 e. The van der Waals surface area contributed by atoms with Crippen molar-refractivity contribution in [3.05, 3.63) is 64.9 Å². The molecule has 1 spiro atoms. The second-order valence-electron chi connectivity index (χ2n) is 11.7. The van der Waals surface area contributed by atoms with Gasteiger partial charge in [-0.2, -0.15) is 9.57 Å². The quantitative estimate of drug-likeness (QED) is 0.389. The first kappa shape index (κ1) is 27.9. The second-order valence-corrected chi connectivity index (χ2v) is 14.1. The number of hydrogen-bond donors (Lipinski definition) is 0. The van der Waals surface area contributed by atoms with E-state index in [4.69, 9.17) is 16.3 Å². The molecular formula is C30H32ClN5O4S. The predicted octanol–water partition coefficient (Wildman–Crippen LogP) is 3.95. The minimum Gasteiger partial charge on any atom is -0.492 e. The van der Waals surface area contributed by atoms with Gasteiger partial charge in [0, 0.05) is 48.2 Å². The Hall–Kier alpha value is -3.23. The third kappa shape index (κ3) is 5.06. The fourth-order valence-electron chi connectivity index (χ4n) is 6.01. The zero-order valence-electron chi connectivity index (χ0n) is 23.1. The molecular weight excluding hydrogens is 562 g/mol. The van der Waals surface area contributed by atoms with Gasteiger partial charge in [-0.3, -0.25) is 9.78 Å². The van der Waals surface area contributed by atoms with E-state index in [9.17, 15) is 18.5 Å². The molecule has 1 amide bonds. The van der Waals surface area contributed by atoms with Gasteiger partial charge in [-0.25, -0.2) is 8.42 Å². The van der Waals surface area contributed by atoms with E-state index in [1.54, 1.807) is 29.4 Å². The van der Waals surface area contributed by atoms with Crippen LogP contribution in [-0.2, 0) is 26.8 Å². The van der Waals surface area contributed by atoms with E-state index < -0.39 is 20.9 Å². The van der Waals surface area contributed by atoms with Crippen LogP contribution in [0.1, 0.15) is 30.4 Å². The Morgan fingerprint density at radius 2 is 1.95 bits per heavy atom.